The normalized spacial score (nSPS) is 17.0. The first-order valence-corrected chi connectivity index (χ1v) is 7.14. The number of carbonyl (C=O) groups excluding carboxylic acids is 1. The Kier molecular flexibility index (Phi) is 4.57. The molecule has 17 heavy (non-hydrogen) atoms. The molecule has 2 rings (SSSR count). The van der Waals surface area contributed by atoms with Crippen LogP contribution in [-0.4, -0.2) is 30.6 Å². The van der Waals surface area contributed by atoms with Crippen LogP contribution < -0.4 is 4.90 Å². The Hall–Kier alpha value is -0.870. The Balaban J connectivity index is 2.11. The van der Waals surface area contributed by atoms with Crippen molar-refractivity contribution in [3.8, 4) is 0 Å². The van der Waals surface area contributed by atoms with Gasteiger partial charge in [0.15, 0.2) is 6.29 Å². The van der Waals surface area contributed by atoms with Crippen LogP contribution in [0.5, 0.6) is 0 Å². The number of anilines is 1. The van der Waals surface area contributed by atoms with Gasteiger partial charge in [0, 0.05) is 23.7 Å². The molecule has 1 N–H and O–H groups in total. The third kappa shape index (κ3) is 3.07. The van der Waals surface area contributed by atoms with E-state index in [-0.39, 0.29) is 6.61 Å². The number of nitrogens with zero attached hydrogens (tertiary/aromatic N) is 1. The van der Waals surface area contributed by atoms with Crippen LogP contribution in [0.25, 0.3) is 0 Å². The smallest absolute Gasteiger partial charge is 0.160 e. The second-order valence-electron chi connectivity index (χ2n) is 4.53. The zero-order chi connectivity index (χ0) is 12.1. The largest absolute Gasteiger partial charge is 0.395 e. The SMILES string of the molecule is O=Cc1cc(N(CCO)C2CCCCC2)cs1. The van der Waals surface area contributed by atoms with Crippen molar-refractivity contribution in [2.75, 3.05) is 18.1 Å². The molecule has 1 heterocycles. The second-order valence-corrected chi connectivity index (χ2v) is 5.48. The highest BCUT2D eigenvalue weighted by Crippen LogP contribution is 2.29. The zero-order valence-electron chi connectivity index (χ0n) is 9.97. The Morgan fingerprint density at radius 3 is 2.76 bits per heavy atom. The summed E-state index contributed by atoms with van der Waals surface area (Å²) in [6, 6.07) is 2.46. The van der Waals surface area contributed by atoms with Gasteiger partial charge in [-0.05, 0) is 18.9 Å². The van der Waals surface area contributed by atoms with Crippen LogP contribution >= 0.6 is 11.3 Å². The summed E-state index contributed by atoms with van der Waals surface area (Å²) in [7, 11) is 0. The Labute approximate surface area is 106 Å². The minimum Gasteiger partial charge on any atom is -0.395 e. The second kappa shape index (κ2) is 6.17. The molecule has 0 amide bonds. The quantitative estimate of drug-likeness (QED) is 0.820. The number of rotatable bonds is 5. The number of aliphatic hydroxyl groups is 1. The number of thiophene rings is 1. The molecule has 0 unspecified atom stereocenters. The van der Waals surface area contributed by atoms with Crippen LogP contribution in [0.15, 0.2) is 11.4 Å². The van der Waals surface area contributed by atoms with Crippen LogP contribution in [0.2, 0.25) is 0 Å². The third-order valence-electron chi connectivity index (χ3n) is 3.41. The molecule has 1 aromatic rings. The molecule has 0 radical (unpaired) electrons. The lowest BCUT2D eigenvalue weighted by Gasteiger charge is -2.35. The van der Waals surface area contributed by atoms with E-state index in [2.05, 4.69) is 4.90 Å². The van der Waals surface area contributed by atoms with Gasteiger partial charge in [0.25, 0.3) is 0 Å². The van der Waals surface area contributed by atoms with Gasteiger partial charge in [0.2, 0.25) is 0 Å². The van der Waals surface area contributed by atoms with E-state index in [1.54, 1.807) is 0 Å². The fraction of sp³-hybridized carbons (Fsp3) is 0.615. The molecule has 0 aliphatic heterocycles. The lowest BCUT2D eigenvalue weighted by Crippen LogP contribution is -2.38. The highest BCUT2D eigenvalue weighted by atomic mass is 32.1. The summed E-state index contributed by atoms with van der Waals surface area (Å²) >= 11 is 1.48. The number of aliphatic hydroxyl groups excluding tert-OH is 1. The van der Waals surface area contributed by atoms with E-state index in [0.29, 0.717) is 12.6 Å². The first-order chi connectivity index (χ1) is 8.35. The third-order valence-corrected chi connectivity index (χ3v) is 4.26. The van der Waals surface area contributed by atoms with Crippen molar-refractivity contribution in [2.24, 2.45) is 0 Å². The molecule has 0 spiro atoms. The van der Waals surface area contributed by atoms with E-state index < -0.39 is 0 Å². The molecule has 1 aliphatic rings. The minimum atomic E-state index is 0.169. The van der Waals surface area contributed by atoms with E-state index in [4.69, 9.17) is 0 Å². The van der Waals surface area contributed by atoms with Crippen LogP contribution in [0.1, 0.15) is 41.8 Å². The van der Waals surface area contributed by atoms with Crippen LogP contribution in [-0.2, 0) is 0 Å². The fourth-order valence-corrected chi connectivity index (χ4v) is 3.28. The molecule has 4 heteroatoms. The summed E-state index contributed by atoms with van der Waals surface area (Å²) in [6.07, 6.45) is 7.17. The summed E-state index contributed by atoms with van der Waals surface area (Å²) in [5, 5.41) is 11.2. The van der Waals surface area contributed by atoms with Crippen LogP contribution in [0, 0.1) is 0 Å². The molecule has 0 aromatic carbocycles. The van der Waals surface area contributed by atoms with Gasteiger partial charge < -0.3 is 10.0 Å². The summed E-state index contributed by atoms with van der Waals surface area (Å²) < 4.78 is 0. The monoisotopic (exact) mass is 253 g/mol. The maximum absolute atomic E-state index is 10.7. The maximum Gasteiger partial charge on any atom is 0.160 e. The van der Waals surface area contributed by atoms with Crippen molar-refractivity contribution < 1.29 is 9.90 Å². The van der Waals surface area contributed by atoms with Crippen molar-refractivity contribution in [1.29, 1.82) is 0 Å². The number of aldehydes is 1. The van der Waals surface area contributed by atoms with Gasteiger partial charge >= 0.3 is 0 Å². The minimum absolute atomic E-state index is 0.169. The van der Waals surface area contributed by atoms with E-state index in [9.17, 15) is 9.90 Å². The molecule has 1 aliphatic carbocycles. The lowest BCUT2D eigenvalue weighted by molar-refractivity contribution is 0.112. The summed E-state index contributed by atoms with van der Waals surface area (Å²) in [4.78, 5) is 13.7. The van der Waals surface area contributed by atoms with Gasteiger partial charge in [-0.1, -0.05) is 19.3 Å². The predicted molar refractivity (Wildman–Crippen MR) is 71.0 cm³/mol. The van der Waals surface area contributed by atoms with Crippen molar-refractivity contribution in [3.05, 3.63) is 16.3 Å². The van der Waals surface area contributed by atoms with E-state index in [1.165, 1.54) is 43.4 Å². The molecule has 0 bridgehead atoms. The highest BCUT2D eigenvalue weighted by molar-refractivity contribution is 7.12. The molecule has 3 nitrogen and oxygen atoms in total. The average molecular weight is 253 g/mol. The lowest BCUT2D eigenvalue weighted by atomic mass is 9.94. The fourth-order valence-electron chi connectivity index (χ4n) is 2.58. The first-order valence-electron chi connectivity index (χ1n) is 6.26. The zero-order valence-corrected chi connectivity index (χ0v) is 10.8. The van der Waals surface area contributed by atoms with E-state index in [0.717, 1.165) is 16.9 Å². The predicted octanol–water partition coefficient (Wildman–Crippen LogP) is 2.69. The summed E-state index contributed by atoms with van der Waals surface area (Å²) in [6.45, 7) is 0.836. The Bertz CT molecular complexity index is 358. The topological polar surface area (TPSA) is 40.5 Å². The standard InChI is InChI=1S/C13H19NO2S/c15-7-6-14(11-4-2-1-3-5-11)12-8-13(9-16)17-10-12/h8-11,15H,1-7H2. The summed E-state index contributed by atoms with van der Waals surface area (Å²) in [5.74, 6) is 0. The number of hydrogen-bond acceptors (Lipinski definition) is 4. The van der Waals surface area contributed by atoms with Gasteiger partial charge in [-0.2, -0.15) is 0 Å². The maximum atomic E-state index is 10.7. The van der Waals surface area contributed by atoms with Crippen molar-refractivity contribution in [3.63, 3.8) is 0 Å². The Morgan fingerprint density at radius 1 is 1.41 bits per heavy atom. The molecule has 0 atom stereocenters. The number of carbonyl (C=O) groups is 1. The van der Waals surface area contributed by atoms with Gasteiger partial charge in [0.05, 0.1) is 11.5 Å². The molecule has 1 fully saturated rings. The van der Waals surface area contributed by atoms with Crippen LogP contribution in [0.4, 0.5) is 5.69 Å². The molecule has 1 aromatic heterocycles. The van der Waals surface area contributed by atoms with E-state index >= 15 is 0 Å². The molecular formula is C13H19NO2S. The van der Waals surface area contributed by atoms with E-state index in [1.807, 2.05) is 11.4 Å². The average Bonchev–Trinajstić information content (AvgIpc) is 2.85. The van der Waals surface area contributed by atoms with Gasteiger partial charge in [-0.15, -0.1) is 11.3 Å². The van der Waals surface area contributed by atoms with Crippen molar-refractivity contribution in [2.45, 2.75) is 38.1 Å². The number of hydrogen-bond donors (Lipinski definition) is 1. The molecule has 94 valence electrons. The van der Waals surface area contributed by atoms with Gasteiger partial charge in [-0.3, -0.25) is 4.79 Å². The Morgan fingerprint density at radius 2 is 2.18 bits per heavy atom. The summed E-state index contributed by atoms with van der Waals surface area (Å²) in [5.41, 5.74) is 1.10. The molecular weight excluding hydrogens is 234 g/mol. The molecule has 1 saturated carbocycles. The molecule has 0 saturated heterocycles. The first kappa shape index (κ1) is 12.6. The van der Waals surface area contributed by atoms with Crippen LogP contribution in [0.3, 0.4) is 0 Å². The van der Waals surface area contributed by atoms with Crippen molar-refractivity contribution >= 4 is 23.3 Å². The highest BCUT2D eigenvalue weighted by Gasteiger charge is 2.21. The van der Waals surface area contributed by atoms with Gasteiger partial charge in [0.1, 0.15) is 0 Å². The van der Waals surface area contributed by atoms with Crippen molar-refractivity contribution in [1.82, 2.24) is 0 Å². The van der Waals surface area contributed by atoms with Gasteiger partial charge in [-0.25, -0.2) is 0 Å².